The van der Waals surface area contributed by atoms with Gasteiger partial charge in [0.2, 0.25) is 23.6 Å². The van der Waals surface area contributed by atoms with Crippen LogP contribution in [0, 0.1) is 11.3 Å². The lowest BCUT2D eigenvalue weighted by Crippen LogP contribution is -2.59. The Labute approximate surface area is 316 Å². The lowest BCUT2D eigenvalue weighted by molar-refractivity contribution is -0.144. The second-order valence-electron chi connectivity index (χ2n) is 14.6. The zero-order chi connectivity index (χ0) is 37.6. The molecule has 3 aromatic rings. The first-order chi connectivity index (χ1) is 24.7. The highest BCUT2D eigenvalue weighted by atomic mass is 35.5. The number of H-pyrrole nitrogens is 1. The summed E-state index contributed by atoms with van der Waals surface area (Å²) in [5.74, 6) is -1.20. The molecule has 15 heteroatoms. The number of hydrogen-bond acceptors (Lipinski definition) is 8. The van der Waals surface area contributed by atoms with Gasteiger partial charge in [-0.25, -0.2) is 4.98 Å². The van der Waals surface area contributed by atoms with Gasteiger partial charge in [-0.15, -0.1) is 12.4 Å². The van der Waals surface area contributed by atoms with Crippen LogP contribution in [0.3, 0.4) is 0 Å². The maximum Gasteiger partial charge on any atom is 0.258 e. The number of likely N-dealkylation sites (N-methyl/N-ethyl adjacent to an activating group) is 1. The van der Waals surface area contributed by atoms with E-state index in [4.69, 9.17) is 4.74 Å². The van der Waals surface area contributed by atoms with Crippen molar-refractivity contribution in [3.05, 3.63) is 59.9 Å². The highest BCUT2D eigenvalue weighted by Crippen LogP contribution is 2.36. The Morgan fingerprint density at radius 1 is 1.00 bits per heavy atom. The Bertz CT molecular complexity index is 1740. The number of halogens is 1. The number of carbonyl (C=O) groups excluding carboxylic acids is 5. The average Bonchev–Trinajstić information content (AvgIpc) is 3.55. The molecule has 0 radical (unpaired) electrons. The van der Waals surface area contributed by atoms with Crippen LogP contribution in [0.2, 0.25) is 0 Å². The number of para-hydroxylation sites is 2. The smallest absolute Gasteiger partial charge is 0.258 e. The summed E-state index contributed by atoms with van der Waals surface area (Å²) in [6.45, 7) is 7.48. The Hall–Kier alpha value is -4.69. The van der Waals surface area contributed by atoms with Gasteiger partial charge in [0, 0.05) is 39.5 Å². The summed E-state index contributed by atoms with van der Waals surface area (Å²) in [5.41, 5.74) is 2.32. The number of benzene rings is 2. The van der Waals surface area contributed by atoms with Gasteiger partial charge in [0.25, 0.3) is 5.91 Å². The maximum atomic E-state index is 13.7. The normalized spacial score (nSPS) is 22.4. The topological polar surface area (TPSA) is 186 Å². The van der Waals surface area contributed by atoms with E-state index in [1.165, 1.54) is 20.9 Å². The SMILES string of the molecule is CC(C)[C@H]1NC(=O)[C@H](C)N(C)C(=O)[C@H]([C@@H](C)O)NC(=O)COc2cccc(c2)CC2(CCN(C(=O)CCc3nc4ccccc4[nH]3)CC2)CNC1=O.Cl. The van der Waals surface area contributed by atoms with Crippen LogP contribution in [0.15, 0.2) is 48.5 Å². The van der Waals surface area contributed by atoms with Gasteiger partial charge in [-0.2, -0.15) is 0 Å². The molecule has 2 aromatic carbocycles. The number of ether oxygens (including phenoxy) is 1. The Morgan fingerprint density at radius 3 is 2.40 bits per heavy atom. The zero-order valence-corrected chi connectivity index (χ0v) is 31.8. The van der Waals surface area contributed by atoms with Gasteiger partial charge in [-0.05, 0) is 74.3 Å². The average molecular weight is 754 g/mol. The highest BCUT2D eigenvalue weighted by Gasteiger charge is 2.39. The van der Waals surface area contributed by atoms with Gasteiger partial charge in [0.05, 0.1) is 17.1 Å². The summed E-state index contributed by atoms with van der Waals surface area (Å²) < 4.78 is 5.80. The number of hydrogen-bond donors (Lipinski definition) is 5. The second kappa shape index (κ2) is 17.9. The molecule has 3 heterocycles. The van der Waals surface area contributed by atoms with E-state index in [2.05, 4.69) is 25.9 Å². The minimum atomic E-state index is -1.32. The Morgan fingerprint density at radius 2 is 1.72 bits per heavy atom. The number of aromatic amines is 1. The number of nitrogens with zero attached hydrogens (tertiary/aromatic N) is 3. The molecule has 2 bridgehead atoms. The molecule has 0 saturated carbocycles. The van der Waals surface area contributed by atoms with Crippen molar-refractivity contribution >= 4 is 53.0 Å². The predicted octanol–water partition coefficient (Wildman–Crippen LogP) is 2.13. The summed E-state index contributed by atoms with van der Waals surface area (Å²) in [7, 11) is 1.41. The fourth-order valence-corrected chi connectivity index (χ4v) is 6.86. The molecule has 5 rings (SSSR count). The number of likely N-dealkylation sites (tertiary alicyclic amines) is 1. The van der Waals surface area contributed by atoms with Crippen molar-refractivity contribution in [1.82, 2.24) is 35.7 Å². The standard InChI is InChI=1S/C38H51N7O7.ClH/c1-23(2)33-36(50)39-22-38(15-17-45(18-16-38)32(48)14-13-30-40-28-11-6-7-12-29(28)41-30)20-26-9-8-10-27(19-26)52-21-31(47)42-34(25(4)46)37(51)44(5)24(3)35(49)43-33;/h6-12,19,23-25,33-34,46H,13-18,20-22H2,1-5H3,(H,39,50)(H,40,41)(H,42,47)(H,43,49);1H/t24-,25+,33+,34-;/m0./s1. The number of aliphatic hydroxyl groups is 1. The summed E-state index contributed by atoms with van der Waals surface area (Å²) in [5, 5.41) is 18.8. The zero-order valence-electron chi connectivity index (χ0n) is 31.0. The molecule has 0 aliphatic carbocycles. The van der Waals surface area contributed by atoms with Gasteiger partial charge >= 0.3 is 0 Å². The largest absolute Gasteiger partial charge is 0.484 e. The summed E-state index contributed by atoms with van der Waals surface area (Å²) in [6, 6.07) is 11.9. The van der Waals surface area contributed by atoms with Crippen molar-refractivity contribution in [1.29, 1.82) is 0 Å². The number of aryl methyl sites for hydroxylation is 1. The molecular weight excluding hydrogens is 702 g/mol. The van der Waals surface area contributed by atoms with E-state index in [-0.39, 0.29) is 30.1 Å². The van der Waals surface area contributed by atoms with E-state index in [0.29, 0.717) is 57.5 Å². The number of piperidine rings is 1. The molecule has 4 atom stereocenters. The number of amides is 5. The fraction of sp³-hybridized carbons (Fsp3) is 0.526. The van der Waals surface area contributed by atoms with Crippen LogP contribution in [-0.4, -0.2) is 112 Å². The van der Waals surface area contributed by atoms with Crippen LogP contribution in [0.1, 0.15) is 58.3 Å². The van der Waals surface area contributed by atoms with Gasteiger partial charge in [-0.3, -0.25) is 24.0 Å². The minimum absolute atomic E-state index is 0. The monoisotopic (exact) mass is 753 g/mol. The van der Waals surface area contributed by atoms with Crippen LogP contribution in [0.4, 0.5) is 0 Å². The van der Waals surface area contributed by atoms with Crippen molar-refractivity contribution < 1.29 is 33.8 Å². The van der Waals surface area contributed by atoms with Crippen LogP contribution in [-0.2, 0) is 36.8 Å². The number of aromatic nitrogens is 2. The lowest BCUT2D eigenvalue weighted by Gasteiger charge is -2.42. The van der Waals surface area contributed by atoms with Crippen LogP contribution in [0.5, 0.6) is 5.75 Å². The molecule has 1 saturated heterocycles. The van der Waals surface area contributed by atoms with E-state index in [0.717, 1.165) is 27.3 Å². The molecule has 1 spiro atoms. The molecule has 2 aliphatic rings. The summed E-state index contributed by atoms with van der Waals surface area (Å²) in [4.78, 5) is 77.7. The first-order valence-electron chi connectivity index (χ1n) is 18.0. The fourth-order valence-electron chi connectivity index (χ4n) is 6.86. The quantitative estimate of drug-likeness (QED) is 0.262. The van der Waals surface area contributed by atoms with Crippen molar-refractivity contribution in [2.45, 2.75) is 84.0 Å². The molecular formula is C38H52ClN7O7. The maximum absolute atomic E-state index is 13.7. The van der Waals surface area contributed by atoms with Gasteiger partial charge in [0.15, 0.2) is 6.61 Å². The van der Waals surface area contributed by atoms with Crippen molar-refractivity contribution in [3.8, 4) is 5.75 Å². The number of carbonyl (C=O) groups is 5. The lowest BCUT2D eigenvalue weighted by atomic mass is 9.73. The van der Waals surface area contributed by atoms with Crippen LogP contribution in [0.25, 0.3) is 11.0 Å². The van der Waals surface area contributed by atoms with Crippen molar-refractivity contribution in [2.75, 3.05) is 33.3 Å². The van der Waals surface area contributed by atoms with Gasteiger partial charge in [0.1, 0.15) is 29.7 Å². The van der Waals surface area contributed by atoms with Crippen LogP contribution < -0.4 is 20.7 Å². The summed E-state index contributed by atoms with van der Waals surface area (Å²) >= 11 is 0. The second-order valence-corrected chi connectivity index (χ2v) is 14.6. The number of nitrogens with one attached hydrogen (secondary N) is 4. The van der Waals surface area contributed by atoms with E-state index >= 15 is 0 Å². The molecule has 2 aliphatic heterocycles. The first kappa shape index (κ1) is 41.1. The van der Waals surface area contributed by atoms with Gasteiger partial charge in [-0.1, -0.05) is 38.1 Å². The molecule has 5 amide bonds. The third-order valence-electron chi connectivity index (χ3n) is 10.3. The van der Waals surface area contributed by atoms with E-state index in [9.17, 15) is 29.1 Å². The molecule has 0 unspecified atom stereocenters. The molecule has 53 heavy (non-hydrogen) atoms. The number of aliphatic hydroxyl groups excluding tert-OH is 1. The third-order valence-corrected chi connectivity index (χ3v) is 10.3. The van der Waals surface area contributed by atoms with E-state index in [1.807, 2.05) is 61.2 Å². The molecule has 14 nitrogen and oxygen atoms in total. The van der Waals surface area contributed by atoms with E-state index < -0.39 is 54.0 Å². The Balaban J connectivity index is 0.00000627. The number of rotatable bonds is 5. The van der Waals surface area contributed by atoms with E-state index in [1.54, 1.807) is 6.07 Å². The highest BCUT2D eigenvalue weighted by molar-refractivity contribution is 5.94. The van der Waals surface area contributed by atoms with Crippen molar-refractivity contribution in [3.63, 3.8) is 0 Å². The van der Waals surface area contributed by atoms with Crippen molar-refractivity contribution in [2.24, 2.45) is 11.3 Å². The summed E-state index contributed by atoms with van der Waals surface area (Å²) in [6.07, 6.45) is 1.39. The molecule has 1 fully saturated rings. The molecule has 1 aromatic heterocycles. The van der Waals surface area contributed by atoms with Gasteiger partial charge < -0.3 is 40.6 Å². The molecule has 288 valence electrons. The number of fused-ring (bicyclic) bond motifs is 3. The molecule has 5 N–H and O–H groups in total. The number of imidazole rings is 1. The van der Waals surface area contributed by atoms with Crippen LogP contribution >= 0.6 is 12.4 Å². The first-order valence-corrected chi connectivity index (χ1v) is 18.0. The Kier molecular flexibility index (Phi) is 13.9. The predicted molar refractivity (Wildman–Crippen MR) is 201 cm³/mol. The third kappa shape index (κ3) is 10.3. The minimum Gasteiger partial charge on any atom is -0.484 e.